The van der Waals surface area contributed by atoms with Crippen molar-refractivity contribution in [1.82, 2.24) is 10.1 Å². The molecule has 1 heterocycles. The van der Waals surface area contributed by atoms with Crippen LogP contribution >= 0.6 is 0 Å². The summed E-state index contributed by atoms with van der Waals surface area (Å²) in [6.07, 6.45) is 0. The van der Waals surface area contributed by atoms with Gasteiger partial charge in [0.2, 0.25) is 5.82 Å². The van der Waals surface area contributed by atoms with E-state index < -0.39 is 5.97 Å². The summed E-state index contributed by atoms with van der Waals surface area (Å²) in [5.41, 5.74) is 1.13. The highest BCUT2D eigenvalue weighted by Crippen LogP contribution is 2.29. The smallest absolute Gasteiger partial charge is 0.339 e. The molecular weight excluding hydrogens is 372 g/mol. The zero-order valence-corrected chi connectivity index (χ0v) is 15.9. The summed E-state index contributed by atoms with van der Waals surface area (Å²) in [5.74, 6) is 1.39. The van der Waals surface area contributed by atoms with Crippen LogP contribution in [0.1, 0.15) is 16.2 Å². The van der Waals surface area contributed by atoms with Crippen molar-refractivity contribution in [2.45, 2.75) is 6.61 Å². The summed E-state index contributed by atoms with van der Waals surface area (Å²) in [7, 11) is 3.16. The Kier molecular flexibility index (Phi) is 5.11. The summed E-state index contributed by atoms with van der Waals surface area (Å²) < 4.78 is 21.3. The van der Waals surface area contributed by atoms with Crippen molar-refractivity contribution in [3.8, 4) is 22.9 Å². The van der Waals surface area contributed by atoms with E-state index in [1.54, 1.807) is 32.4 Å². The molecule has 0 spiro atoms. The highest BCUT2D eigenvalue weighted by atomic mass is 16.6. The standard InChI is InChI=1S/C22H18N2O5/c1-26-18-10-6-5-9-17(18)21-23-20(29-24-21)13-28-22(25)16-11-12-19(27-2)15-8-4-3-7-14(15)16/h3-12H,13H2,1-2H3. The molecule has 0 aliphatic rings. The van der Waals surface area contributed by atoms with E-state index >= 15 is 0 Å². The van der Waals surface area contributed by atoms with Crippen molar-refractivity contribution in [3.63, 3.8) is 0 Å². The molecule has 4 rings (SSSR count). The highest BCUT2D eigenvalue weighted by Gasteiger charge is 2.17. The lowest BCUT2D eigenvalue weighted by Crippen LogP contribution is -2.06. The maximum atomic E-state index is 12.6. The van der Waals surface area contributed by atoms with Crippen LogP contribution in [0.2, 0.25) is 0 Å². The molecule has 0 unspecified atom stereocenters. The van der Waals surface area contributed by atoms with Crippen LogP contribution in [0.5, 0.6) is 11.5 Å². The van der Waals surface area contributed by atoms with E-state index in [1.807, 2.05) is 42.5 Å². The fourth-order valence-corrected chi connectivity index (χ4v) is 3.08. The maximum absolute atomic E-state index is 12.6. The van der Waals surface area contributed by atoms with Gasteiger partial charge in [-0.15, -0.1) is 0 Å². The SMILES string of the molecule is COc1ccccc1-c1noc(COC(=O)c2ccc(OC)c3ccccc23)n1. The van der Waals surface area contributed by atoms with Crippen molar-refractivity contribution >= 4 is 16.7 Å². The summed E-state index contributed by atoms with van der Waals surface area (Å²) in [6, 6.07) is 18.2. The number of aromatic nitrogens is 2. The molecule has 1 aromatic heterocycles. The zero-order valence-electron chi connectivity index (χ0n) is 15.9. The van der Waals surface area contributed by atoms with E-state index in [0.29, 0.717) is 28.5 Å². The van der Waals surface area contributed by atoms with Crippen LogP contribution in [-0.2, 0) is 11.3 Å². The molecule has 0 aliphatic carbocycles. The number of hydrogen-bond acceptors (Lipinski definition) is 7. The van der Waals surface area contributed by atoms with Gasteiger partial charge in [0.15, 0.2) is 6.61 Å². The minimum atomic E-state index is -0.485. The minimum Gasteiger partial charge on any atom is -0.496 e. The molecule has 0 atom stereocenters. The van der Waals surface area contributed by atoms with E-state index in [2.05, 4.69) is 10.1 Å². The fourth-order valence-electron chi connectivity index (χ4n) is 3.08. The lowest BCUT2D eigenvalue weighted by molar-refractivity contribution is 0.0432. The first kappa shape index (κ1) is 18.5. The van der Waals surface area contributed by atoms with Crippen LogP contribution < -0.4 is 9.47 Å². The molecule has 0 amide bonds. The van der Waals surface area contributed by atoms with E-state index in [1.165, 1.54) is 0 Å². The van der Waals surface area contributed by atoms with Gasteiger partial charge < -0.3 is 18.7 Å². The molecule has 7 heteroatoms. The van der Waals surface area contributed by atoms with E-state index in [9.17, 15) is 4.79 Å². The Morgan fingerprint density at radius 1 is 0.897 bits per heavy atom. The van der Waals surface area contributed by atoms with Gasteiger partial charge in [0.1, 0.15) is 11.5 Å². The van der Waals surface area contributed by atoms with Gasteiger partial charge in [-0.1, -0.05) is 41.6 Å². The minimum absolute atomic E-state index is 0.138. The van der Waals surface area contributed by atoms with Crippen LogP contribution in [0.15, 0.2) is 65.2 Å². The molecule has 0 N–H and O–H groups in total. The normalized spacial score (nSPS) is 10.7. The van der Waals surface area contributed by atoms with Crippen molar-refractivity contribution < 1.29 is 23.5 Å². The Morgan fingerprint density at radius 2 is 1.62 bits per heavy atom. The van der Waals surface area contributed by atoms with Crippen LogP contribution in [0.4, 0.5) is 0 Å². The molecular formula is C22H18N2O5. The topological polar surface area (TPSA) is 83.7 Å². The van der Waals surface area contributed by atoms with Gasteiger partial charge in [0.25, 0.3) is 5.89 Å². The maximum Gasteiger partial charge on any atom is 0.339 e. The zero-order chi connectivity index (χ0) is 20.2. The van der Waals surface area contributed by atoms with Gasteiger partial charge in [-0.05, 0) is 29.7 Å². The average molecular weight is 390 g/mol. The molecule has 4 aromatic rings. The predicted octanol–water partition coefficient (Wildman–Crippen LogP) is 4.26. The van der Waals surface area contributed by atoms with Gasteiger partial charge in [-0.3, -0.25) is 0 Å². The van der Waals surface area contributed by atoms with Crippen molar-refractivity contribution in [3.05, 3.63) is 72.1 Å². The quantitative estimate of drug-likeness (QED) is 0.455. The number of rotatable bonds is 6. The molecule has 3 aromatic carbocycles. The van der Waals surface area contributed by atoms with Gasteiger partial charge in [-0.2, -0.15) is 4.98 Å². The van der Waals surface area contributed by atoms with Crippen LogP contribution in [0, 0.1) is 0 Å². The Bertz CT molecular complexity index is 1170. The van der Waals surface area contributed by atoms with Crippen LogP contribution in [0.3, 0.4) is 0 Å². The summed E-state index contributed by atoms with van der Waals surface area (Å²) in [4.78, 5) is 16.9. The highest BCUT2D eigenvalue weighted by molar-refractivity contribution is 6.06. The molecule has 0 saturated carbocycles. The number of hydrogen-bond donors (Lipinski definition) is 0. The second-order valence-electron chi connectivity index (χ2n) is 6.15. The average Bonchev–Trinajstić information content (AvgIpc) is 3.25. The molecule has 0 fully saturated rings. The largest absolute Gasteiger partial charge is 0.496 e. The number of benzene rings is 3. The third-order valence-electron chi connectivity index (χ3n) is 4.47. The number of esters is 1. The van der Waals surface area contributed by atoms with E-state index in [-0.39, 0.29) is 12.5 Å². The summed E-state index contributed by atoms with van der Waals surface area (Å²) >= 11 is 0. The number of fused-ring (bicyclic) bond motifs is 1. The first-order valence-corrected chi connectivity index (χ1v) is 8.90. The fraction of sp³-hybridized carbons (Fsp3) is 0.136. The Hall–Kier alpha value is -3.87. The van der Waals surface area contributed by atoms with Crippen molar-refractivity contribution in [2.75, 3.05) is 14.2 Å². The first-order valence-electron chi connectivity index (χ1n) is 8.90. The molecule has 0 bridgehead atoms. The molecule has 0 aliphatic heterocycles. The molecule has 0 radical (unpaired) electrons. The molecule has 146 valence electrons. The first-order chi connectivity index (χ1) is 14.2. The number of carbonyl (C=O) groups is 1. The molecule has 0 saturated heterocycles. The van der Waals surface area contributed by atoms with Crippen molar-refractivity contribution in [2.24, 2.45) is 0 Å². The molecule has 7 nitrogen and oxygen atoms in total. The number of carbonyl (C=O) groups excluding carboxylic acids is 1. The van der Waals surface area contributed by atoms with Gasteiger partial charge in [0.05, 0.1) is 25.3 Å². The number of nitrogens with zero attached hydrogens (tertiary/aromatic N) is 2. The summed E-state index contributed by atoms with van der Waals surface area (Å²) in [6.45, 7) is -0.138. The lowest BCUT2D eigenvalue weighted by Gasteiger charge is -2.09. The third kappa shape index (κ3) is 3.62. The second kappa shape index (κ2) is 8.02. The van der Waals surface area contributed by atoms with Gasteiger partial charge in [0, 0.05) is 5.39 Å². The van der Waals surface area contributed by atoms with E-state index in [0.717, 1.165) is 10.8 Å². The Morgan fingerprint density at radius 3 is 2.41 bits per heavy atom. The lowest BCUT2D eigenvalue weighted by atomic mass is 10.0. The van der Waals surface area contributed by atoms with Gasteiger partial charge in [-0.25, -0.2) is 4.79 Å². The Balaban J connectivity index is 1.53. The number of methoxy groups -OCH3 is 2. The second-order valence-corrected chi connectivity index (χ2v) is 6.15. The van der Waals surface area contributed by atoms with Gasteiger partial charge >= 0.3 is 5.97 Å². The number of ether oxygens (including phenoxy) is 3. The monoisotopic (exact) mass is 390 g/mol. The van der Waals surface area contributed by atoms with Crippen molar-refractivity contribution in [1.29, 1.82) is 0 Å². The van der Waals surface area contributed by atoms with E-state index in [4.69, 9.17) is 18.7 Å². The molecule has 29 heavy (non-hydrogen) atoms. The summed E-state index contributed by atoms with van der Waals surface area (Å²) in [5, 5.41) is 5.53. The predicted molar refractivity (Wildman–Crippen MR) is 106 cm³/mol. The third-order valence-corrected chi connectivity index (χ3v) is 4.47. The van der Waals surface area contributed by atoms with Crippen LogP contribution in [-0.4, -0.2) is 30.3 Å². The van der Waals surface area contributed by atoms with Crippen LogP contribution in [0.25, 0.3) is 22.2 Å². The number of para-hydroxylation sites is 1. The Labute approximate surface area is 166 Å².